The van der Waals surface area contributed by atoms with Gasteiger partial charge in [-0.15, -0.1) is 0 Å². The second-order valence-electron chi connectivity index (χ2n) is 7.79. The molecule has 0 atom stereocenters. The predicted octanol–water partition coefficient (Wildman–Crippen LogP) is 4.92. The number of benzene rings is 3. The third-order valence-electron chi connectivity index (χ3n) is 5.32. The largest absolute Gasteiger partial charge is 0.350 e. The molecule has 7 nitrogen and oxygen atoms in total. The molecule has 1 N–H and O–H groups in total. The molecule has 0 bridgehead atoms. The first kappa shape index (κ1) is 21.0. The quantitative estimate of drug-likeness (QED) is 0.355. The van der Waals surface area contributed by atoms with E-state index in [0.717, 1.165) is 21.6 Å². The lowest BCUT2D eigenvalue weighted by molar-refractivity contribution is -0.384. The van der Waals surface area contributed by atoms with Crippen LogP contribution in [-0.4, -0.2) is 16.7 Å². The van der Waals surface area contributed by atoms with Crippen molar-refractivity contribution < 1.29 is 14.5 Å². The second kappa shape index (κ2) is 8.11. The van der Waals surface area contributed by atoms with E-state index >= 15 is 0 Å². The van der Waals surface area contributed by atoms with Crippen molar-refractivity contribution >= 4 is 34.4 Å². The van der Waals surface area contributed by atoms with Gasteiger partial charge in [0.2, 0.25) is 0 Å². The molecule has 2 amide bonds. The maximum Gasteiger partial charge on any atom is 0.282 e. The summed E-state index contributed by atoms with van der Waals surface area (Å²) in [5.74, 6) is -0.957. The number of imide groups is 1. The summed E-state index contributed by atoms with van der Waals surface area (Å²) < 4.78 is 0. The predicted molar refractivity (Wildman–Crippen MR) is 123 cm³/mol. The summed E-state index contributed by atoms with van der Waals surface area (Å²) in [6.45, 7) is 5.70. The van der Waals surface area contributed by atoms with Crippen molar-refractivity contribution in [2.24, 2.45) is 0 Å². The standard InChI is InChI=1S/C25H21N3O4/c1-15-12-16(2)14-20(13-15)27-24(29)22(18-8-10-19(11-9-18)28(31)32)23(25(27)30)26-21-7-5-4-6-17(21)3/h4-14,26H,1-3H3. The Morgan fingerprint density at radius 1 is 0.844 bits per heavy atom. The van der Waals surface area contributed by atoms with Gasteiger partial charge in [0.05, 0.1) is 16.2 Å². The number of nitrogens with one attached hydrogen (secondary N) is 1. The van der Waals surface area contributed by atoms with Crippen LogP contribution in [0.3, 0.4) is 0 Å². The van der Waals surface area contributed by atoms with Gasteiger partial charge in [0.25, 0.3) is 17.5 Å². The van der Waals surface area contributed by atoms with E-state index in [1.54, 1.807) is 12.1 Å². The number of anilines is 2. The van der Waals surface area contributed by atoms with E-state index in [1.165, 1.54) is 24.3 Å². The van der Waals surface area contributed by atoms with Crippen LogP contribution >= 0.6 is 0 Å². The maximum absolute atomic E-state index is 13.5. The lowest BCUT2D eigenvalue weighted by Gasteiger charge is -2.17. The Morgan fingerprint density at radius 2 is 1.47 bits per heavy atom. The molecule has 7 heteroatoms. The van der Waals surface area contributed by atoms with Crippen LogP contribution in [-0.2, 0) is 9.59 Å². The summed E-state index contributed by atoms with van der Waals surface area (Å²) in [5, 5.41) is 14.2. The lowest BCUT2D eigenvalue weighted by atomic mass is 10.0. The number of hydrogen-bond acceptors (Lipinski definition) is 5. The van der Waals surface area contributed by atoms with Crippen molar-refractivity contribution in [3.05, 3.63) is 105 Å². The van der Waals surface area contributed by atoms with E-state index in [0.29, 0.717) is 16.9 Å². The Morgan fingerprint density at radius 3 is 2.06 bits per heavy atom. The lowest BCUT2D eigenvalue weighted by Crippen LogP contribution is -2.32. The monoisotopic (exact) mass is 427 g/mol. The van der Waals surface area contributed by atoms with E-state index in [4.69, 9.17) is 0 Å². The number of aryl methyl sites for hydroxylation is 3. The molecular formula is C25H21N3O4. The average Bonchev–Trinajstić information content (AvgIpc) is 2.98. The Hall–Kier alpha value is -4.26. The molecule has 1 heterocycles. The molecule has 0 spiro atoms. The van der Waals surface area contributed by atoms with Crippen LogP contribution < -0.4 is 10.2 Å². The first-order valence-corrected chi connectivity index (χ1v) is 10.0. The summed E-state index contributed by atoms with van der Waals surface area (Å²) in [6.07, 6.45) is 0. The van der Waals surface area contributed by atoms with Gasteiger partial charge in [-0.3, -0.25) is 19.7 Å². The zero-order valence-corrected chi connectivity index (χ0v) is 17.9. The number of nitro benzene ring substituents is 1. The van der Waals surface area contributed by atoms with Crippen LogP contribution in [0.25, 0.3) is 5.57 Å². The van der Waals surface area contributed by atoms with Crippen molar-refractivity contribution in [2.75, 3.05) is 10.2 Å². The molecule has 0 aliphatic carbocycles. The highest BCUT2D eigenvalue weighted by atomic mass is 16.6. The molecule has 0 radical (unpaired) electrons. The highest BCUT2D eigenvalue weighted by Crippen LogP contribution is 2.35. The van der Waals surface area contributed by atoms with Crippen molar-refractivity contribution in [3.8, 4) is 0 Å². The molecule has 1 aliphatic rings. The number of amides is 2. The third-order valence-corrected chi connectivity index (χ3v) is 5.32. The zero-order chi connectivity index (χ0) is 23.0. The summed E-state index contributed by atoms with van der Waals surface area (Å²) in [4.78, 5) is 38.7. The minimum atomic E-state index is -0.506. The van der Waals surface area contributed by atoms with Gasteiger partial charge in [-0.2, -0.15) is 0 Å². The Kier molecular flexibility index (Phi) is 5.32. The fourth-order valence-corrected chi connectivity index (χ4v) is 3.83. The minimum absolute atomic E-state index is 0.0919. The summed E-state index contributed by atoms with van der Waals surface area (Å²) >= 11 is 0. The van der Waals surface area contributed by atoms with Crippen molar-refractivity contribution in [1.82, 2.24) is 0 Å². The van der Waals surface area contributed by atoms with Gasteiger partial charge in [-0.25, -0.2) is 4.90 Å². The van der Waals surface area contributed by atoms with Crippen LogP contribution in [0, 0.1) is 30.9 Å². The van der Waals surface area contributed by atoms with Crippen LogP contribution in [0.2, 0.25) is 0 Å². The average molecular weight is 427 g/mol. The zero-order valence-electron chi connectivity index (χ0n) is 17.9. The van der Waals surface area contributed by atoms with Crippen molar-refractivity contribution in [3.63, 3.8) is 0 Å². The number of carbonyl (C=O) groups is 2. The fourth-order valence-electron chi connectivity index (χ4n) is 3.83. The molecule has 3 aromatic carbocycles. The van der Waals surface area contributed by atoms with Crippen molar-refractivity contribution in [1.29, 1.82) is 0 Å². The van der Waals surface area contributed by atoms with Crippen LogP contribution in [0.4, 0.5) is 17.1 Å². The van der Waals surface area contributed by atoms with E-state index in [9.17, 15) is 19.7 Å². The van der Waals surface area contributed by atoms with E-state index in [1.807, 2.05) is 51.1 Å². The first-order chi connectivity index (χ1) is 15.3. The fraction of sp³-hybridized carbons (Fsp3) is 0.120. The normalized spacial score (nSPS) is 13.7. The molecule has 0 saturated heterocycles. The van der Waals surface area contributed by atoms with E-state index < -0.39 is 16.7 Å². The molecule has 0 unspecified atom stereocenters. The van der Waals surface area contributed by atoms with Gasteiger partial charge in [0.15, 0.2) is 0 Å². The van der Waals surface area contributed by atoms with Crippen LogP contribution in [0.1, 0.15) is 22.3 Å². The number of non-ortho nitro benzene ring substituents is 1. The number of nitro groups is 1. The highest BCUT2D eigenvalue weighted by Gasteiger charge is 2.40. The summed E-state index contributed by atoms with van der Waals surface area (Å²) in [5.41, 5.74) is 4.60. The first-order valence-electron chi connectivity index (χ1n) is 10.0. The van der Waals surface area contributed by atoms with E-state index in [-0.39, 0.29) is 17.0 Å². The third kappa shape index (κ3) is 3.76. The van der Waals surface area contributed by atoms with Gasteiger partial charge in [0.1, 0.15) is 5.70 Å². The van der Waals surface area contributed by atoms with Gasteiger partial charge < -0.3 is 5.32 Å². The molecule has 4 rings (SSSR count). The van der Waals surface area contributed by atoms with Gasteiger partial charge in [-0.05, 0) is 73.4 Å². The molecule has 32 heavy (non-hydrogen) atoms. The molecule has 0 saturated carbocycles. The van der Waals surface area contributed by atoms with Crippen LogP contribution in [0.15, 0.2) is 72.4 Å². The molecule has 0 aromatic heterocycles. The van der Waals surface area contributed by atoms with Crippen molar-refractivity contribution in [2.45, 2.75) is 20.8 Å². The number of para-hydroxylation sites is 1. The highest BCUT2D eigenvalue weighted by molar-refractivity contribution is 6.46. The van der Waals surface area contributed by atoms with Crippen LogP contribution in [0.5, 0.6) is 0 Å². The Balaban J connectivity index is 1.85. The molecule has 1 aliphatic heterocycles. The smallest absolute Gasteiger partial charge is 0.282 e. The Labute approximate surface area is 185 Å². The minimum Gasteiger partial charge on any atom is -0.350 e. The number of rotatable bonds is 5. The summed E-state index contributed by atoms with van der Waals surface area (Å²) in [7, 11) is 0. The molecule has 3 aromatic rings. The Bertz CT molecular complexity index is 1270. The molecular weight excluding hydrogens is 406 g/mol. The number of hydrogen-bond donors (Lipinski definition) is 1. The van der Waals surface area contributed by atoms with Gasteiger partial charge in [0, 0.05) is 17.8 Å². The van der Waals surface area contributed by atoms with E-state index in [2.05, 4.69) is 5.32 Å². The molecule has 160 valence electrons. The number of nitrogens with zero attached hydrogens (tertiary/aromatic N) is 2. The second-order valence-corrected chi connectivity index (χ2v) is 7.79. The summed E-state index contributed by atoms with van der Waals surface area (Å²) in [6, 6.07) is 18.6. The topological polar surface area (TPSA) is 92.6 Å². The van der Waals surface area contributed by atoms with Gasteiger partial charge in [-0.1, -0.05) is 24.3 Å². The SMILES string of the molecule is Cc1cc(C)cc(N2C(=O)C(Nc3ccccc3C)=C(c3ccc([N+](=O)[O-])cc3)C2=O)c1. The number of carbonyl (C=O) groups excluding carboxylic acids is 2. The maximum atomic E-state index is 13.5. The molecule has 0 fully saturated rings. The van der Waals surface area contributed by atoms with Gasteiger partial charge >= 0.3 is 0 Å².